The summed E-state index contributed by atoms with van der Waals surface area (Å²) in [6, 6.07) is 0.0997. The molecular formula is C13H24ClN5O2. The van der Waals surface area contributed by atoms with Crippen molar-refractivity contribution in [3.8, 4) is 0 Å². The van der Waals surface area contributed by atoms with Crippen LogP contribution in [0.15, 0.2) is 0 Å². The first kappa shape index (κ1) is 17.9. The molecule has 7 nitrogen and oxygen atoms in total. The van der Waals surface area contributed by atoms with Crippen molar-refractivity contribution >= 4 is 23.5 Å². The lowest BCUT2D eigenvalue weighted by atomic mass is 10.3. The van der Waals surface area contributed by atoms with Gasteiger partial charge in [0.25, 0.3) is 0 Å². The van der Waals surface area contributed by atoms with E-state index in [-0.39, 0.29) is 11.3 Å². The van der Waals surface area contributed by atoms with Crippen molar-refractivity contribution in [1.82, 2.24) is 15.0 Å². The Morgan fingerprint density at radius 1 is 1.24 bits per heavy atom. The maximum atomic E-state index is 6.00. The molecule has 1 unspecified atom stereocenters. The Balaban J connectivity index is 2.96. The number of hydrogen-bond acceptors (Lipinski definition) is 7. The second-order valence-corrected chi connectivity index (χ2v) is 4.98. The molecule has 0 aliphatic rings. The van der Waals surface area contributed by atoms with Gasteiger partial charge in [0, 0.05) is 27.3 Å². The Bertz CT molecular complexity index is 422. The Kier molecular flexibility index (Phi) is 8.26. The second-order valence-electron chi connectivity index (χ2n) is 4.65. The van der Waals surface area contributed by atoms with Gasteiger partial charge >= 0.3 is 0 Å². The molecule has 0 saturated carbocycles. The summed E-state index contributed by atoms with van der Waals surface area (Å²) in [6.45, 7) is 6.66. The highest BCUT2D eigenvalue weighted by atomic mass is 35.5. The molecule has 0 aromatic carbocycles. The van der Waals surface area contributed by atoms with Crippen molar-refractivity contribution < 1.29 is 9.47 Å². The van der Waals surface area contributed by atoms with Crippen LogP contribution in [0.1, 0.15) is 20.3 Å². The number of nitrogens with zero attached hydrogens (tertiary/aromatic N) is 4. The molecule has 0 bridgehead atoms. The highest BCUT2D eigenvalue weighted by molar-refractivity contribution is 6.28. The molecule has 1 aromatic heterocycles. The number of aromatic nitrogens is 3. The molecule has 0 fully saturated rings. The van der Waals surface area contributed by atoms with Gasteiger partial charge in [0.15, 0.2) is 0 Å². The van der Waals surface area contributed by atoms with Crippen molar-refractivity contribution in [3.63, 3.8) is 0 Å². The molecule has 0 aliphatic heterocycles. The number of hydrogen-bond donors (Lipinski definition) is 1. The van der Waals surface area contributed by atoms with Crippen LogP contribution in [0.5, 0.6) is 0 Å². The van der Waals surface area contributed by atoms with Crippen molar-refractivity contribution in [2.75, 3.05) is 50.7 Å². The number of methoxy groups -OCH3 is 2. The normalized spacial score (nSPS) is 12.2. The SMILES string of the molecule is CCCNc1nc(Cl)nc(N(CCOC)C(C)COC)n1. The van der Waals surface area contributed by atoms with Crippen LogP contribution in [0.4, 0.5) is 11.9 Å². The van der Waals surface area contributed by atoms with Crippen LogP contribution in [0.25, 0.3) is 0 Å². The maximum absolute atomic E-state index is 6.00. The van der Waals surface area contributed by atoms with Crippen molar-refractivity contribution in [3.05, 3.63) is 5.28 Å². The second kappa shape index (κ2) is 9.70. The number of anilines is 2. The fraction of sp³-hybridized carbons (Fsp3) is 0.769. The van der Waals surface area contributed by atoms with Crippen LogP contribution in [-0.4, -0.2) is 61.5 Å². The Morgan fingerprint density at radius 2 is 2.00 bits per heavy atom. The van der Waals surface area contributed by atoms with Crippen molar-refractivity contribution in [2.24, 2.45) is 0 Å². The predicted molar refractivity (Wildman–Crippen MR) is 84.2 cm³/mol. The zero-order valence-corrected chi connectivity index (χ0v) is 13.9. The minimum atomic E-state index is 0.0997. The molecule has 0 aliphatic carbocycles. The molecule has 1 N–H and O–H groups in total. The van der Waals surface area contributed by atoms with E-state index in [2.05, 4.69) is 27.2 Å². The van der Waals surface area contributed by atoms with E-state index in [1.54, 1.807) is 14.2 Å². The summed E-state index contributed by atoms with van der Waals surface area (Å²) >= 11 is 6.00. The largest absolute Gasteiger partial charge is 0.383 e. The van der Waals surface area contributed by atoms with Gasteiger partial charge in [-0.1, -0.05) is 6.92 Å². The third-order valence-electron chi connectivity index (χ3n) is 2.86. The molecule has 0 radical (unpaired) electrons. The maximum Gasteiger partial charge on any atom is 0.231 e. The summed E-state index contributed by atoms with van der Waals surface area (Å²) in [5.74, 6) is 1.01. The van der Waals surface area contributed by atoms with E-state index >= 15 is 0 Å². The van der Waals surface area contributed by atoms with Crippen LogP contribution in [0.3, 0.4) is 0 Å². The highest BCUT2D eigenvalue weighted by Gasteiger charge is 2.18. The third kappa shape index (κ3) is 5.99. The van der Waals surface area contributed by atoms with Gasteiger partial charge in [-0.3, -0.25) is 0 Å². The molecule has 0 spiro atoms. The van der Waals surface area contributed by atoms with E-state index in [0.29, 0.717) is 31.7 Å². The Morgan fingerprint density at radius 3 is 2.62 bits per heavy atom. The zero-order chi connectivity index (χ0) is 15.7. The molecule has 1 heterocycles. The molecule has 21 heavy (non-hydrogen) atoms. The van der Waals surface area contributed by atoms with Crippen molar-refractivity contribution in [2.45, 2.75) is 26.3 Å². The standard InChI is InChI=1S/C13H24ClN5O2/c1-5-6-15-12-16-11(14)17-13(18-12)19(7-8-20-3)10(2)9-21-4/h10H,5-9H2,1-4H3,(H,15,16,17,18). The summed E-state index contributed by atoms with van der Waals surface area (Å²) in [4.78, 5) is 14.7. The van der Waals surface area contributed by atoms with E-state index in [4.69, 9.17) is 21.1 Å². The smallest absolute Gasteiger partial charge is 0.231 e. The van der Waals surface area contributed by atoms with Crippen LogP contribution in [0, 0.1) is 0 Å². The van der Waals surface area contributed by atoms with Gasteiger partial charge in [0.2, 0.25) is 17.2 Å². The van der Waals surface area contributed by atoms with E-state index in [9.17, 15) is 0 Å². The van der Waals surface area contributed by atoms with E-state index < -0.39 is 0 Å². The molecule has 0 saturated heterocycles. The molecule has 8 heteroatoms. The quantitative estimate of drug-likeness (QED) is 0.705. The molecular weight excluding hydrogens is 294 g/mol. The zero-order valence-electron chi connectivity index (χ0n) is 13.1. The molecule has 1 atom stereocenters. The summed E-state index contributed by atoms with van der Waals surface area (Å²) in [5, 5.41) is 3.29. The third-order valence-corrected chi connectivity index (χ3v) is 3.03. The van der Waals surface area contributed by atoms with Crippen LogP contribution in [-0.2, 0) is 9.47 Å². The number of rotatable bonds is 10. The highest BCUT2D eigenvalue weighted by Crippen LogP contribution is 2.16. The lowest BCUT2D eigenvalue weighted by Gasteiger charge is -2.28. The first-order chi connectivity index (χ1) is 10.1. The number of halogens is 1. The lowest BCUT2D eigenvalue weighted by molar-refractivity contribution is 0.170. The van der Waals surface area contributed by atoms with Gasteiger partial charge in [-0.15, -0.1) is 0 Å². The Hall–Kier alpha value is -1.18. The summed E-state index contributed by atoms with van der Waals surface area (Å²) in [6.07, 6.45) is 0.978. The van der Waals surface area contributed by atoms with E-state index in [1.165, 1.54) is 0 Å². The molecule has 120 valence electrons. The minimum absolute atomic E-state index is 0.0997. The number of ether oxygens (including phenoxy) is 2. The summed E-state index contributed by atoms with van der Waals surface area (Å²) in [5.41, 5.74) is 0. The van der Waals surface area contributed by atoms with Crippen LogP contribution < -0.4 is 10.2 Å². The molecule has 0 amide bonds. The summed E-state index contributed by atoms with van der Waals surface area (Å²) in [7, 11) is 3.33. The lowest BCUT2D eigenvalue weighted by Crippen LogP contribution is -2.40. The monoisotopic (exact) mass is 317 g/mol. The van der Waals surface area contributed by atoms with Crippen LogP contribution in [0.2, 0.25) is 5.28 Å². The first-order valence-corrected chi connectivity index (χ1v) is 7.40. The van der Waals surface area contributed by atoms with E-state index in [1.807, 2.05) is 11.8 Å². The van der Waals surface area contributed by atoms with Gasteiger partial charge in [-0.25, -0.2) is 0 Å². The topological polar surface area (TPSA) is 72.4 Å². The average Bonchev–Trinajstić information content (AvgIpc) is 2.45. The van der Waals surface area contributed by atoms with Crippen molar-refractivity contribution in [1.29, 1.82) is 0 Å². The minimum Gasteiger partial charge on any atom is -0.383 e. The predicted octanol–water partition coefficient (Wildman–Crippen LogP) is 1.83. The average molecular weight is 318 g/mol. The molecule has 1 aromatic rings. The fourth-order valence-corrected chi connectivity index (χ4v) is 1.98. The fourth-order valence-electron chi connectivity index (χ4n) is 1.82. The van der Waals surface area contributed by atoms with E-state index in [0.717, 1.165) is 13.0 Å². The van der Waals surface area contributed by atoms with Gasteiger partial charge in [0.05, 0.1) is 19.3 Å². The summed E-state index contributed by atoms with van der Waals surface area (Å²) < 4.78 is 10.4. The van der Waals surface area contributed by atoms with Crippen LogP contribution >= 0.6 is 11.6 Å². The first-order valence-electron chi connectivity index (χ1n) is 7.02. The van der Waals surface area contributed by atoms with Gasteiger partial charge in [-0.2, -0.15) is 15.0 Å². The van der Waals surface area contributed by atoms with Gasteiger partial charge < -0.3 is 19.7 Å². The van der Waals surface area contributed by atoms with Gasteiger partial charge in [-0.05, 0) is 24.9 Å². The van der Waals surface area contributed by atoms with Gasteiger partial charge in [0.1, 0.15) is 0 Å². The molecule has 1 rings (SSSR count). The Labute approximate surface area is 131 Å². The number of nitrogens with one attached hydrogen (secondary N) is 1.